The van der Waals surface area contributed by atoms with Crippen LogP contribution in [0.2, 0.25) is 0 Å². The lowest BCUT2D eigenvalue weighted by molar-refractivity contribution is 0.100. The van der Waals surface area contributed by atoms with E-state index in [2.05, 4.69) is 24.2 Å². The van der Waals surface area contributed by atoms with Crippen LogP contribution in [-0.2, 0) is 0 Å². The topological polar surface area (TPSA) is 58.4 Å². The number of rotatable bonds is 4. The zero-order chi connectivity index (χ0) is 14.7. The van der Waals surface area contributed by atoms with E-state index in [0.29, 0.717) is 17.2 Å². The molecule has 1 saturated heterocycles. The van der Waals surface area contributed by atoms with Gasteiger partial charge in [0.05, 0.1) is 5.69 Å². The molecule has 0 saturated carbocycles. The number of primary amides is 1. The van der Waals surface area contributed by atoms with Gasteiger partial charge in [0.15, 0.2) is 0 Å². The van der Waals surface area contributed by atoms with Gasteiger partial charge in [0, 0.05) is 18.2 Å². The van der Waals surface area contributed by atoms with Crippen LogP contribution < -0.4 is 11.1 Å². The van der Waals surface area contributed by atoms with Crippen LogP contribution >= 0.6 is 0 Å². The maximum atomic E-state index is 13.8. The van der Waals surface area contributed by atoms with Crippen molar-refractivity contribution in [2.45, 2.75) is 25.8 Å². The SMILES string of the molecule is CC(Nc1cc(C(N)=O)ccc1F)C1CCCN(C)C1. The van der Waals surface area contributed by atoms with Gasteiger partial charge in [0.25, 0.3) is 0 Å². The Labute approximate surface area is 119 Å². The summed E-state index contributed by atoms with van der Waals surface area (Å²) in [7, 11) is 2.10. The van der Waals surface area contributed by atoms with E-state index in [0.717, 1.165) is 25.9 Å². The fourth-order valence-electron chi connectivity index (χ4n) is 2.77. The van der Waals surface area contributed by atoms with E-state index < -0.39 is 5.91 Å². The van der Waals surface area contributed by atoms with Crippen molar-refractivity contribution in [1.29, 1.82) is 0 Å². The molecule has 1 amide bonds. The molecule has 20 heavy (non-hydrogen) atoms. The second-order valence-electron chi connectivity index (χ2n) is 5.66. The number of nitrogens with two attached hydrogens (primary N) is 1. The summed E-state index contributed by atoms with van der Waals surface area (Å²) in [5.74, 6) is -0.422. The highest BCUT2D eigenvalue weighted by molar-refractivity contribution is 5.93. The molecule has 1 aromatic rings. The van der Waals surface area contributed by atoms with Gasteiger partial charge in [-0.25, -0.2) is 4.39 Å². The summed E-state index contributed by atoms with van der Waals surface area (Å²) in [5, 5.41) is 3.19. The normalized spacial score (nSPS) is 21.4. The Balaban J connectivity index is 2.08. The predicted molar refractivity (Wildman–Crippen MR) is 78.2 cm³/mol. The van der Waals surface area contributed by atoms with Crippen molar-refractivity contribution >= 4 is 11.6 Å². The Morgan fingerprint density at radius 3 is 2.95 bits per heavy atom. The van der Waals surface area contributed by atoms with E-state index in [9.17, 15) is 9.18 Å². The van der Waals surface area contributed by atoms with Gasteiger partial charge in [-0.1, -0.05) is 0 Å². The highest BCUT2D eigenvalue weighted by Gasteiger charge is 2.23. The summed E-state index contributed by atoms with van der Waals surface area (Å²) < 4.78 is 13.8. The number of likely N-dealkylation sites (tertiary alicyclic amines) is 1. The molecule has 0 aliphatic carbocycles. The molecule has 1 aliphatic rings. The lowest BCUT2D eigenvalue weighted by Gasteiger charge is -2.34. The minimum atomic E-state index is -0.543. The number of nitrogens with zero attached hydrogens (tertiary/aromatic N) is 1. The van der Waals surface area contributed by atoms with Crippen molar-refractivity contribution < 1.29 is 9.18 Å². The average molecular weight is 279 g/mol. The number of amides is 1. The third-order valence-electron chi connectivity index (χ3n) is 4.00. The Hall–Kier alpha value is -1.62. The largest absolute Gasteiger partial charge is 0.380 e. The van der Waals surface area contributed by atoms with Crippen molar-refractivity contribution in [2.75, 3.05) is 25.5 Å². The van der Waals surface area contributed by atoms with Gasteiger partial charge >= 0.3 is 0 Å². The number of carbonyl (C=O) groups excluding carboxylic acids is 1. The van der Waals surface area contributed by atoms with E-state index in [-0.39, 0.29) is 11.9 Å². The molecular formula is C15H22FN3O. The second kappa shape index (κ2) is 6.22. The molecule has 0 bridgehead atoms. The fraction of sp³-hybridized carbons (Fsp3) is 0.533. The lowest BCUT2D eigenvalue weighted by atomic mass is 9.91. The number of carbonyl (C=O) groups is 1. The highest BCUT2D eigenvalue weighted by atomic mass is 19.1. The molecule has 1 aliphatic heterocycles. The van der Waals surface area contributed by atoms with Crippen LogP contribution in [-0.4, -0.2) is 37.0 Å². The number of halogens is 1. The summed E-state index contributed by atoms with van der Waals surface area (Å²) >= 11 is 0. The van der Waals surface area contributed by atoms with Crippen LogP contribution in [0.15, 0.2) is 18.2 Å². The molecule has 1 fully saturated rings. The Kier molecular flexibility index (Phi) is 4.60. The van der Waals surface area contributed by atoms with E-state index in [1.165, 1.54) is 18.2 Å². The van der Waals surface area contributed by atoms with Gasteiger partial charge in [-0.2, -0.15) is 0 Å². The first-order valence-corrected chi connectivity index (χ1v) is 7.02. The zero-order valence-electron chi connectivity index (χ0n) is 12.0. The van der Waals surface area contributed by atoms with Gasteiger partial charge in [-0.3, -0.25) is 4.79 Å². The molecule has 0 aromatic heterocycles. The average Bonchev–Trinajstić information content (AvgIpc) is 2.41. The first-order valence-electron chi connectivity index (χ1n) is 7.02. The van der Waals surface area contributed by atoms with Crippen LogP contribution in [0, 0.1) is 11.7 Å². The molecule has 110 valence electrons. The maximum absolute atomic E-state index is 13.8. The molecule has 2 atom stereocenters. The number of piperidine rings is 1. The first-order chi connectivity index (χ1) is 9.47. The van der Waals surface area contributed by atoms with Gasteiger partial charge in [-0.15, -0.1) is 0 Å². The molecule has 0 radical (unpaired) electrons. The van der Waals surface area contributed by atoms with E-state index in [4.69, 9.17) is 5.73 Å². The van der Waals surface area contributed by atoms with Gasteiger partial charge in [0.2, 0.25) is 5.91 Å². The Bertz CT molecular complexity index is 492. The van der Waals surface area contributed by atoms with Gasteiger partial charge < -0.3 is 16.0 Å². The lowest BCUT2D eigenvalue weighted by Crippen LogP contribution is -2.40. The Morgan fingerprint density at radius 1 is 1.55 bits per heavy atom. The maximum Gasteiger partial charge on any atom is 0.248 e. The molecule has 3 N–H and O–H groups in total. The number of anilines is 1. The molecule has 1 aromatic carbocycles. The summed E-state index contributed by atoms with van der Waals surface area (Å²) in [4.78, 5) is 13.5. The van der Waals surface area contributed by atoms with Crippen LogP contribution in [0.1, 0.15) is 30.1 Å². The monoisotopic (exact) mass is 279 g/mol. The smallest absolute Gasteiger partial charge is 0.248 e. The van der Waals surface area contributed by atoms with Crippen LogP contribution in [0.3, 0.4) is 0 Å². The van der Waals surface area contributed by atoms with E-state index >= 15 is 0 Å². The summed E-state index contributed by atoms with van der Waals surface area (Å²) in [6, 6.07) is 4.32. The quantitative estimate of drug-likeness (QED) is 0.887. The summed E-state index contributed by atoms with van der Waals surface area (Å²) in [5.41, 5.74) is 5.90. The van der Waals surface area contributed by atoms with Crippen molar-refractivity contribution in [1.82, 2.24) is 4.90 Å². The first kappa shape index (κ1) is 14.8. The van der Waals surface area contributed by atoms with Crippen LogP contribution in [0.5, 0.6) is 0 Å². The molecule has 4 nitrogen and oxygen atoms in total. The van der Waals surface area contributed by atoms with Crippen molar-refractivity contribution in [3.8, 4) is 0 Å². The van der Waals surface area contributed by atoms with Crippen molar-refractivity contribution in [3.05, 3.63) is 29.6 Å². The van der Waals surface area contributed by atoms with Crippen LogP contribution in [0.25, 0.3) is 0 Å². The fourth-order valence-corrected chi connectivity index (χ4v) is 2.77. The molecule has 0 spiro atoms. The highest BCUT2D eigenvalue weighted by Crippen LogP contribution is 2.23. The Morgan fingerprint density at radius 2 is 2.30 bits per heavy atom. The molecule has 2 unspecified atom stereocenters. The number of hydrogen-bond donors (Lipinski definition) is 2. The molecular weight excluding hydrogens is 257 g/mol. The minimum absolute atomic E-state index is 0.148. The summed E-state index contributed by atoms with van der Waals surface area (Å²) in [6.07, 6.45) is 2.30. The molecule has 5 heteroatoms. The van der Waals surface area contributed by atoms with Crippen molar-refractivity contribution in [3.63, 3.8) is 0 Å². The number of hydrogen-bond acceptors (Lipinski definition) is 3. The standard InChI is InChI=1S/C15H22FN3O/c1-10(12-4-3-7-19(2)9-12)18-14-8-11(15(17)20)5-6-13(14)16/h5-6,8,10,12,18H,3-4,7,9H2,1-2H3,(H2,17,20). The van der Waals surface area contributed by atoms with Crippen LogP contribution in [0.4, 0.5) is 10.1 Å². The predicted octanol–water partition coefficient (Wildman–Crippen LogP) is 2.07. The van der Waals surface area contributed by atoms with Crippen molar-refractivity contribution in [2.24, 2.45) is 11.7 Å². The molecule has 2 rings (SSSR count). The van der Waals surface area contributed by atoms with E-state index in [1.807, 2.05) is 0 Å². The third kappa shape index (κ3) is 3.48. The second-order valence-corrected chi connectivity index (χ2v) is 5.66. The summed E-state index contributed by atoms with van der Waals surface area (Å²) in [6.45, 7) is 4.18. The third-order valence-corrected chi connectivity index (χ3v) is 4.00. The van der Waals surface area contributed by atoms with Gasteiger partial charge in [0.1, 0.15) is 5.82 Å². The number of benzene rings is 1. The number of nitrogens with one attached hydrogen (secondary N) is 1. The van der Waals surface area contributed by atoms with E-state index in [1.54, 1.807) is 0 Å². The minimum Gasteiger partial charge on any atom is -0.380 e. The van der Waals surface area contributed by atoms with Gasteiger partial charge in [-0.05, 0) is 57.5 Å². The molecule has 1 heterocycles. The zero-order valence-corrected chi connectivity index (χ0v) is 12.0.